The lowest BCUT2D eigenvalue weighted by Crippen LogP contribution is -1.91. The number of fused-ring (bicyclic) bond motifs is 1. The number of benzene rings is 2. The Morgan fingerprint density at radius 2 is 1.76 bits per heavy atom. The Hall–Kier alpha value is -3.01. The average molecular weight is 279 g/mol. The summed E-state index contributed by atoms with van der Waals surface area (Å²) in [6, 6.07) is 11.3. The Morgan fingerprint density at radius 1 is 0.952 bits per heavy atom. The first-order valence-electron chi connectivity index (χ1n) is 6.37. The van der Waals surface area contributed by atoms with E-state index in [0.717, 1.165) is 10.9 Å². The number of aromatic hydroxyl groups is 3. The van der Waals surface area contributed by atoms with E-state index in [1.165, 1.54) is 12.1 Å². The standard InChI is InChI=1S/C17H13NO3/c1-2-10-8-11-4-3-5-14(20)17(11)18-16(10)13-7-6-12(19)9-15(13)21/h2-9,19-21H,1H2. The maximum atomic E-state index is 10.0. The van der Waals surface area contributed by atoms with Crippen LogP contribution in [0, 0.1) is 0 Å². The zero-order chi connectivity index (χ0) is 15.0. The summed E-state index contributed by atoms with van der Waals surface area (Å²) in [6.07, 6.45) is 1.64. The van der Waals surface area contributed by atoms with Gasteiger partial charge in [0.15, 0.2) is 0 Å². The molecule has 4 nitrogen and oxygen atoms in total. The van der Waals surface area contributed by atoms with E-state index < -0.39 is 0 Å². The van der Waals surface area contributed by atoms with E-state index in [9.17, 15) is 15.3 Å². The van der Waals surface area contributed by atoms with Crippen LogP contribution < -0.4 is 0 Å². The van der Waals surface area contributed by atoms with Gasteiger partial charge >= 0.3 is 0 Å². The fraction of sp³-hybridized carbons (Fsp3) is 0. The van der Waals surface area contributed by atoms with E-state index >= 15 is 0 Å². The Bertz CT molecular complexity index is 856. The van der Waals surface area contributed by atoms with Gasteiger partial charge in [-0.1, -0.05) is 24.8 Å². The number of para-hydroxylation sites is 1. The van der Waals surface area contributed by atoms with E-state index in [4.69, 9.17) is 0 Å². The number of nitrogens with zero attached hydrogens (tertiary/aromatic N) is 1. The molecule has 0 unspecified atom stereocenters. The van der Waals surface area contributed by atoms with Crippen molar-refractivity contribution in [2.75, 3.05) is 0 Å². The summed E-state index contributed by atoms with van der Waals surface area (Å²) in [4.78, 5) is 4.44. The van der Waals surface area contributed by atoms with Gasteiger partial charge in [-0.25, -0.2) is 4.98 Å². The highest BCUT2D eigenvalue weighted by Gasteiger charge is 2.13. The van der Waals surface area contributed by atoms with Crippen molar-refractivity contribution >= 4 is 17.0 Å². The number of pyridine rings is 1. The summed E-state index contributed by atoms with van der Waals surface area (Å²) in [5.41, 5.74) is 2.14. The third kappa shape index (κ3) is 2.17. The van der Waals surface area contributed by atoms with Crippen LogP contribution >= 0.6 is 0 Å². The number of aromatic nitrogens is 1. The van der Waals surface area contributed by atoms with E-state index in [2.05, 4.69) is 11.6 Å². The molecule has 2 aromatic carbocycles. The fourth-order valence-corrected chi connectivity index (χ4v) is 2.29. The van der Waals surface area contributed by atoms with Gasteiger partial charge in [0.1, 0.15) is 22.8 Å². The molecule has 3 rings (SSSR count). The van der Waals surface area contributed by atoms with Gasteiger partial charge in [-0.05, 0) is 24.3 Å². The summed E-state index contributed by atoms with van der Waals surface area (Å²) in [6.45, 7) is 3.76. The van der Waals surface area contributed by atoms with Crippen molar-refractivity contribution in [1.29, 1.82) is 0 Å². The first-order chi connectivity index (χ1) is 10.1. The zero-order valence-corrected chi connectivity index (χ0v) is 11.1. The molecule has 0 aliphatic heterocycles. The molecule has 0 fully saturated rings. The Kier molecular flexibility index (Phi) is 2.99. The van der Waals surface area contributed by atoms with Gasteiger partial charge in [-0.2, -0.15) is 0 Å². The van der Waals surface area contributed by atoms with Gasteiger partial charge in [0, 0.05) is 22.6 Å². The first kappa shape index (κ1) is 13.0. The van der Waals surface area contributed by atoms with Gasteiger partial charge in [0.25, 0.3) is 0 Å². The van der Waals surface area contributed by atoms with Crippen LogP contribution in [0.1, 0.15) is 5.56 Å². The molecule has 0 aliphatic rings. The first-order valence-corrected chi connectivity index (χ1v) is 6.37. The Balaban J connectivity index is 2.35. The molecule has 0 bridgehead atoms. The van der Waals surface area contributed by atoms with Gasteiger partial charge in [-0.15, -0.1) is 0 Å². The van der Waals surface area contributed by atoms with Crippen LogP contribution in [-0.2, 0) is 0 Å². The molecule has 0 amide bonds. The van der Waals surface area contributed by atoms with Gasteiger partial charge in [-0.3, -0.25) is 0 Å². The quantitative estimate of drug-likeness (QED) is 0.669. The average Bonchev–Trinajstić information content (AvgIpc) is 2.47. The second kappa shape index (κ2) is 4.83. The molecular weight excluding hydrogens is 266 g/mol. The number of rotatable bonds is 2. The number of phenols is 3. The van der Waals surface area contributed by atoms with Crippen LogP contribution in [0.15, 0.2) is 49.0 Å². The number of hydrogen-bond donors (Lipinski definition) is 3. The van der Waals surface area contributed by atoms with Gasteiger partial charge < -0.3 is 15.3 Å². The summed E-state index contributed by atoms with van der Waals surface area (Å²) >= 11 is 0. The van der Waals surface area contributed by atoms with Crippen LogP contribution in [0.5, 0.6) is 17.2 Å². The molecule has 3 aromatic rings. The molecular formula is C17H13NO3. The lowest BCUT2D eigenvalue weighted by molar-refractivity contribution is 0.451. The van der Waals surface area contributed by atoms with Crippen molar-refractivity contribution in [3.05, 3.63) is 54.6 Å². The highest BCUT2D eigenvalue weighted by Crippen LogP contribution is 2.36. The van der Waals surface area contributed by atoms with Crippen molar-refractivity contribution in [2.45, 2.75) is 0 Å². The molecule has 1 aromatic heterocycles. The monoisotopic (exact) mass is 279 g/mol. The Morgan fingerprint density at radius 3 is 2.48 bits per heavy atom. The largest absolute Gasteiger partial charge is 0.508 e. The minimum atomic E-state index is -0.0830. The lowest BCUT2D eigenvalue weighted by atomic mass is 10.0. The molecule has 0 radical (unpaired) electrons. The molecule has 0 saturated heterocycles. The topological polar surface area (TPSA) is 73.6 Å². The van der Waals surface area contributed by atoms with Crippen molar-refractivity contribution in [3.8, 4) is 28.5 Å². The van der Waals surface area contributed by atoms with E-state index in [1.807, 2.05) is 12.1 Å². The minimum Gasteiger partial charge on any atom is -0.508 e. The number of hydrogen-bond acceptors (Lipinski definition) is 4. The molecule has 0 spiro atoms. The molecule has 0 saturated carbocycles. The third-order valence-corrected chi connectivity index (χ3v) is 3.31. The summed E-state index contributed by atoms with van der Waals surface area (Å²) in [7, 11) is 0. The number of phenolic OH excluding ortho intramolecular Hbond substituents is 3. The minimum absolute atomic E-state index is 0.0277. The highest BCUT2D eigenvalue weighted by atomic mass is 16.3. The maximum Gasteiger partial charge on any atom is 0.141 e. The van der Waals surface area contributed by atoms with Crippen LogP contribution in [-0.4, -0.2) is 20.3 Å². The van der Waals surface area contributed by atoms with E-state index in [0.29, 0.717) is 16.8 Å². The van der Waals surface area contributed by atoms with Crippen molar-refractivity contribution < 1.29 is 15.3 Å². The normalized spacial score (nSPS) is 10.7. The summed E-state index contributed by atoms with van der Waals surface area (Å²) in [5.74, 6) is -0.0389. The second-order valence-corrected chi connectivity index (χ2v) is 4.68. The van der Waals surface area contributed by atoms with Crippen LogP contribution in [0.4, 0.5) is 0 Å². The molecule has 1 heterocycles. The van der Waals surface area contributed by atoms with Crippen molar-refractivity contribution in [1.82, 2.24) is 4.98 Å². The SMILES string of the molecule is C=Cc1cc2cccc(O)c2nc1-c1ccc(O)cc1O. The van der Waals surface area contributed by atoms with Gasteiger partial charge in [0.2, 0.25) is 0 Å². The molecule has 104 valence electrons. The third-order valence-electron chi connectivity index (χ3n) is 3.31. The molecule has 4 heteroatoms. The lowest BCUT2D eigenvalue weighted by Gasteiger charge is -2.10. The predicted molar refractivity (Wildman–Crippen MR) is 82.3 cm³/mol. The summed E-state index contributed by atoms with van der Waals surface area (Å²) in [5, 5.41) is 30.1. The van der Waals surface area contributed by atoms with Crippen LogP contribution in [0.3, 0.4) is 0 Å². The van der Waals surface area contributed by atoms with Gasteiger partial charge in [0.05, 0.1) is 5.69 Å². The van der Waals surface area contributed by atoms with Crippen LogP contribution in [0.25, 0.3) is 28.2 Å². The second-order valence-electron chi connectivity index (χ2n) is 4.68. The zero-order valence-electron chi connectivity index (χ0n) is 11.1. The maximum absolute atomic E-state index is 10.0. The Labute approximate surface area is 121 Å². The highest BCUT2D eigenvalue weighted by molar-refractivity contribution is 5.91. The molecule has 21 heavy (non-hydrogen) atoms. The van der Waals surface area contributed by atoms with Crippen LogP contribution in [0.2, 0.25) is 0 Å². The van der Waals surface area contributed by atoms with Crippen molar-refractivity contribution in [2.24, 2.45) is 0 Å². The predicted octanol–water partition coefficient (Wildman–Crippen LogP) is 3.66. The van der Waals surface area contributed by atoms with E-state index in [-0.39, 0.29) is 17.2 Å². The van der Waals surface area contributed by atoms with E-state index in [1.54, 1.807) is 24.3 Å². The summed E-state index contributed by atoms with van der Waals surface area (Å²) < 4.78 is 0. The molecule has 0 aliphatic carbocycles. The molecule has 3 N–H and O–H groups in total. The molecule has 0 atom stereocenters. The fourth-order valence-electron chi connectivity index (χ4n) is 2.29. The van der Waals surface area contributed by atoms with Crippen molar-refractivity contribution in [3.63, 3.8) is 0 Å². The smallest absolute Gasteiger partial charge is 0.141 e.